The Morgan fingerprint density at radius 2 is 1.59 bits per heavy atom. The molecule has 1 saturated carbocycles. The minimum absolute atomic E-state index is 0.555. The van der Waals surface area contributed by atoms with E-state index in [1.165, 1.54) is 82.3 Å². The smallest absolute Gasteiger partial charge is 0.162 e. The average Bonchev–Trinajstić information content (AvgIpc) is 2.70. The van der Waals surface area contributed by atoms with Crippen LogP contribution in [0.25, 0.3) is 0 Å². The fraction of sp³-hybridized carbons (Fsp3) is 0.680. The minimum atomic E-state index is -0.715. The van der Waals surface area contributed by atoms with E-state index in [1.807, 2.05) is 0 Å². The van der Waals surface area contributed by atoms with Gasteiger partial charge in [-0.25, -0.2) is 8.78 Å². The van der Waals surface area contributed by atoms with Gasteiger partial charge in [0.2, 0.25) is 0 Å². The molecule has 2 aliphatic carbocycles. The summed E-state index contributed by atoms with van der Waals surface area (Å²) >= 11 is 0. The molecule has 0 amide bonds. The summed E-state index contributed by atoms with van der Waals surface area (Å²) in [7, 11) is 0. The Bertz CT molecular complexity index is 623. The second-order valence-corrected chi connectivity index (χ2v) is 8.87. The van der Waals surface area contributed by atoms with E-state index in [4.69, 9.17) is 0 Å². The van der Waals surface area contributed by atoms with Gasteiger partial charge in [0.15, 0.2) is 11.6 Å². The third kappa shape index (κ3) is 5.90. The zero-order valence-electron chi connectivity index (χ0n) is 17.0. The molecule has 150 valence electrons. The van der Waals surface area contributed by atoms with Crippen LogP contribution in [-0.2, 0) is 12.8 Å². The third-order valence-corrected chi connectivity index (χ3v) is 6.86. The van der Waals surface area contributed by atoms with E-state index in [0.29, 0.717) is 12.0 Å². The summed E-state index contributed by atoms with van der Waals surface area (Å²) in [5.41, 5.74) is 2.97. The maximum atomic E-state index is 13.9. The van der Waals surface area contributed by atoms with Gasteiger partial charge in [-0.15, -0.1) is 0 Å². The second kappa shape index (κ2) is 10.4. The Hall–Kier alpha value is -1.18. The maximum absolute atomic E-state index is 13.9. The van der Waals surface area contributed by atoms with Crippen molar-refractivity contribution < 1.29 is 8.78 Å². The summed E-state index contributed by atoms with van der Waals surface area (Å²) in [5, 5.41) is 0. The molecule has 27 heavy (non-hydrogen) atoms. The number of halogens is 2. The van der Waals surface area contributed by atoms with Gasteiger partial charge in [-0.05, 0) is 54.7 Å². The van der Waals surface area contributed by atoms with Gasteiger partial charge in [-0.2, -0.15) is 0 Å². The highest BCUT2D eigenvalue weighted by molar-refractivity contribution is 5.38. The van der Waals surface area contributed by atoms with E-state index in [-0.39, 0.29) is 0 Å². The molecule has 3 rings (SSSR count). The number of rotatable bonds is 9. The fourth-order valence-electron chi connectivity index (χ4n) is 5.01. The predicted octanol–water partition coefficient (Wildman–Crippen LogP) is 7.94. The van der Waals surface area contributed by atoms with E-state index < -0.39 is 11.6 Å². The molecule has 0 heterocycles. The standard InChI is InChI=1S/C25H36F2/c1-2-3-4-5-6-7-19-8-10-20(11-9-19)12-13-21-14-16-23-22(18-21)15-17-24(26)25(23)27/h14-15,17,19-20H,2-13,16,18H2,1H3. The quantitative estimate of drug-likeness (QED) is 0.304. The Labute approximate surface area is 164 Å². The number of hydrogen-bond donors (Lipinski definition) is 0. The van der Waals surface area contributed by atoms with Crippen molar-refractivity contribution >= 4 is 0 Å². The first kappa shape index (κ1) is 20.6. The number of allylic oxidation sites excluding steroid dienone is 2. The van der Waals surface area contributed by atoms with E-state index >= 15 is 0 Å². The highest BCUT2D eigenvalue weighted by Gasteiger charge is 2.22. The molecule has 1 fully saturated rings. The van der Waals surface area contributed by atoms with Gasteiger partial charge < -0.3 is 0 Å². The van der Waals surface area contributed by atoms with Gasteiger partial charge >= 0.3 is 0 Å². The van der Waals surface area contributed by atoms with Crippen LogP contribution >= 0.6 is 0 Å². The van der Waals surface area contributed by atoms with Crippen molar-refractivity contribution in [2.75, 3.05) is 0 Å². The summed E-state index contributed by atoms with van der Waals surface area (Å²) in [6.45, 7) is 2.28. The molecule has 0 aliphatic heterocycles. The summed E-state index contributed by atoms with van der Waals surface area (Å²) in [6.07, 6.45) is 20.0. The van der Waals surface area contributed by atoms with E-state index in [2.05, 4.69) is 13.0 Å². The molecule has 0 nitrogen and oxygen atoms in total. The molecule has 0 bridgehead atoms. The van der Waals surface area contributed by atoms with Crippen molar-refractivity contribution in [2.24, 2.45) is 11.8 Å². The summed E-state index contributed by atoms with van der Waals surface area (Å²) < 4.78 is 27.2. The SMILES string of the molecule is CCCCCCCC1CCC(CCC2=CCc3c(ccc(F)c3F)C2)CC1. The van der Waals surface area contributed by atoms with Crippen LogP contribution in [0.4, 0.5) is 8.78 Å². The van der Waals surface area contributed by atoms with Crippen LogP contribution in [0.3, 0.4) is 0 Å². The summed E-state index contributed by atoms with van der Waals surface area (Å²) in [4.78, 5) is 0. The lowest BCUT2D eigenvalue weighted by Crippen LogP contribution is -2.15. The van der Waals surface area contributed by atoms with Crippen LogP contribution in [0.5, 0.6) is 0 Å². The van der Waals surface area contributed by atoms with Gasteiger partial charge in [-0.3, -0.25) is 0 Å². The normalized spacial score (nSPS) is 22.4. The van der Waals surface area contributed by atoms with Crippen LogP contribution < -0.4 is 0 Å². The molecule has 1 aromatic rings. The minimum Gasteiger partial charge on any atom is -0.204 e. The Morgan fingerprint density at radius 1 is 0.889 bits per heavy atom. The van der Waals surface area contributed by atoms with E-state index in [0.717, 1.165) is 30.2 Å². The monoisotopic (exact) mass is 374 g/mol. The molecule has 0 unspecified atom stereocenters. The molecule has 1 aromatic carbocycles. The zero-order valence-corrected chi connectivity index (χ0v) is 17.0. The Balaban J connectivity index is 1.35. The average molecular weight is 375 g/mol. The highest BCUT2D eigenvalue weighted by atomic mass is 19.2. The van der Waals surface area contributed by atoms with Gasteiger partial charge in [-0.1, -0.05) is 88.8 Å². The first-order chi connectivity index (χ1) is 13.2. The molecular formula is C25H36F2. The van der Waals surface area contributed by atoms with Crippen LogP contribution in [-0.4, -0.2) is 0 Å². The topological polar surface area (TPSA) is 0 Å². The Morgan fingerprint density at radius 3 is 2.33 bits per heavy atom. The van der Waals surface area contributed by atoms with Crippen molar-refractivity contribution in [1.29, 1.82) is 0 Å². The fourth-order valence-corrected chi connectivity index (χ4v) is 5.01. The molecule has 0 radical (unpaired) electrons. The first-order valence-corrected chi connectivity index (χ1v) is 11.3. The number of hydrogen-bond acceptors (Lipinski definition) is 0. The molecule has 0 atom stereocenters. The molecule has 0 saturated heterocycles. The lowest BCUT2D eigenvalue weighted by atomic mass is 9.77. The van der Waals surface area contributed by atoms with Crippen molar-refractivity contribution in [3.8, 4) is 0 Å². The lowest BCUT2D eigenvalue weighted by molar-refractivity contribution is 0.248. The van der Waals surface area contributed by atoms with Crippen LogP contribution in [0.1, 0.15) is 95.1 Å². The van der Waals surface area contributed by atoms with Gasteiger partial charge in [0.25, 0.3) is 0 Å². The van der Waals surface area contributed by atoms with Gasteiger partial charge in [0.05, 0.1) is 0 Å². The maximum Gasteiger partial charge on any atom is 0.162 e. The highest BCUT2D eigenvalue weighted by Crippen LogP contribution is 2.36. The molecule has 2 heteroatoms. The van der Waals surface area contributed by atoms with Gasteiger partial charge in [0, 0.05) is 0 Å². The predicted molar refractivity (Wildman–Crippen MR) is 110 cm³/mol. The molecule has 0 aromatic heterocycles. The van der Waals surface area contributed by atoms with Crippen molar-refractivity contribution in [3.63, 3.8) is 0 Å². The summed E-state index contributed by atoms with van der Waals surface area (Å²) in [6, 6.07) is 3.05. The molecule has 0 N–H and O–H groups in total. The molecule has 0 spiro atoms. The first-order valence-electron chi connectivity index (χ1n) is 11.3. The van der Waals surface area contributed by atoms with Gasteiger partial charge in [0.1, 0.15) is 0 Å². The van der Waals surface area contributed by atoms with Crippen molar-refractivity contribution in [2.45, 2.75) is 96.8 Å². The largest absolute Gasteiger partial charge is 0.204 e. The van der Waals surface area contributed by atoms with Crippen LogP contribution in [0.15, 0.2) is 23.8 Å². The Kier molecular flexibility index (Phi) is 7.91. The zero-order chi connectivity index (χ0) is 19.1. The summed E-state index contributed by atoms with van der Waals surface area (Å²) in [5.74, 6) is 0.485. The number of unbranched alkanes of at least 4 members (excludes halogenated alkanes) is 4. The van der Waals surface area contributed by atoms with Crippen LogP contribution in [0.2, 0.25) is 0 Å². The number of benzene rings is 1. The molecular weight excluding hydrogens is 338 g/mol. The van der Waals surface area contributed by atoms with Crippen molar-refractivity contribution in [1.82, 2.24) is 0 Å². The second-order valence-electron chi connectivity index (χ2n) is 8.87. The lowest BCUT2D eigenvalue weighted by Gasteiger charge is -2.29. The third-order valence-electron chi connectivity index (χ3n) is 6.86. The van der Waals surface area contributed by atoms with Crippen LogP contribution in [0, 0.1) is 23.5 Å². The molecule has 2 aliphatic rings. The van der Waals surface area contributed by atoms with E-state index in [9.17, 15) is 8.78 Å². The van der Waals surface area contributed by atoms with E-state index in [1.54, 1.807) is 6.07 Å². The number of fused-ring (bicyclic) bond motifs is 1. The van der Waals surface area contributed by atoms with Crippen molar-refractivity contribution in [3.05, 3.63) is 46.5 Å².